The summed E-state index contributed by atoms with van der Waals surface area (Å²) in [5, 5.41) is 3.54. The topological polar surface area (TPSA) is 21.3 Å². The lowest BCUT2D eigenvalue weighted by Crippen LogP contribution is -2.55. The Bertz CT molecular complexity index is 359. The van der Waals surface area contributed by atoms with Crippen LogP contribution in [0.25, 0.3) is 0 Å². The third-order valence-corrected chi connectivity index (χ3v) is 4.11. The number of hydrogen-bond donors (Lipinski definition) is 1. The van der Waals surface area contributed by atoms with Crippen molar-refractivity contribution >= 4 is 0 Å². The van der Waals surface area contributed by atoms with Gasteiger partial charge in [-0.05, 0) is 54.8 Å². The van der Waals surface area contributed by atoms with E-state index in [9.17, 15) is 0 Å². The Hall–Kier alpha value is -1.02. The van der Waals surface area contributed by atoms with Crippen molar-refractivity contribution in [2.45, 2.75) is 19.3 Å². The number of nitrogens with one attached hydrogen (secondary N) is 1. The fourth-order valence-corrected chi connectivity index (χ4v) is 3.38. The van der Waals surface area contributed by atoms with E-state index in [-0.39, 0.29) is 0 Å². The fraction of sp³-hybridized carbons (Fsp3) is 0.571. The highest BCUT2D eigenvalue weighted by molar-refractivity contribution is 5.28. The maximum Gasteiger partial charge on any atom is 0.118 e. The van der Waals surface area contributed by atoms with Crippen molar-refractivity contribution in [1.29, 1.82) is 0 Å². The van der Waals surface area contributed by atoms with Gasteiger partial charge in [0.25, 0.3) is 0 Å². The maximum atomic E-state index is 5.18. The number of hydrogen-bond acceptors (Lipinski definition) is 2. The molecule has 86 valence electrons. The maximum absolute atomic E-state index is 5.18. The Kier molecular flexibility index (Phi) is 2.40. The molecule has 16 heavy (non-hydrogen) atoms. The van der Waals surface area contributed by atoms with Crippen LogP contribution in [0.1, 0.15) is 18.4 Å². The van der Waals surface area contributed by atoms with Gasteiger partial charge in [0.15, 0.2) is 0 Å². The molecule has 4 rings (SSSR count). The molecule has 1 saturated carbocycles. The molecule has 0 atom stereocenters. The molecule has 2 saturated heterocycles. The molecular formula is C14H19NO. The van der Waals surface area contributed by atoms with Gasteiger partial charge in [0.05, 0.1) is 7.11 Å². The van der Waals surface area contributed by atoms with Crippen molar-refractivity contribution in [2.24, 2.45) is 11.3 Å². The first-order valence-corrected chi connectivity index (χ1v) is 6.13. The summed E-state index contributed by atoms with van der Waals surface area (Å²) >= 11 is 0. The number of rotatable bonds is 3. The molecule has 1 aromatic carbocycles. The predicted molar refractivity (Wildman–Crippen MR) is 64.7 cm³/mol. The van der Waals surface area contributed by atoms with Crippen LogP contribution in [0, 0.1) is 11.3 Å². The lowest BCUT2D eigenvalue weighted by atomic mass is 9.57. The molecule has 3 fully saturated rings. The summed E-state index contributed by atoms with van der Waals surface area (Å²) in [6.45, 7) is 2.44. The number of methoxy groups -OCH3 is 1. The van der Waals surface area contributed by atoms with E-state index in [2.05, 4.69) is 29.6 Å². The number of fused-ring (bicyclic) bond motifs is 2. The Balaban J connectivity index is 1.69. The largest absolute Gasteiger partial charge is 0.497 e. The molecular weight excluding hydrogens is 198 g/mol. The van der Waals surface area contributed by atoms with Gasteiger partial charge in [-0.15, -0.1) is 0 Å². The smallest absolute Gasteiger partial charge is 0.118 e. The van der Waals surface area contributed by atoms with E-state index in [4.69, 9.17) is 4.74 Å². The Labute approximate surface area is 97.0 Å². The second-order valence-corrected chi connectivity index (χ2v) is 5.43. The minimum absolute atomic E-state index is 0.567. The summed E-state index contributed by atoms with van der Waals surface area (Å²) in [5.74, 6) is 1.90. The number of benzene rings is 1. The zero-order valence-corrected chi connectivity index (χ0v) is 9.83. The van der Waals surface area contributed by atoms with E-state index in [0.717, 1.165) is 11.7 Å². The first-order valence-electron chi connectivity index (χ1n) is 6.13. The van der Waals surface area contributed by atoms with Crippen molar-refractivity contribution in [3.05, 3.63) is 29.8 Å². The fourth-order valence-electron chi connectivity index (χ4n) is 3.38. The Morgan fingerprint density at radius 3 is 2.62 bits per heavy atom. The highest BCUT2D eigenvalue weighted by Gasteiger charge is 2.46. The van der Waals surface area contributed by atoms with Gasteiger partial charge in [0.2, 0.25) is 0 Å². The number of piperidine rings is 2. The Morgan fingerprint density at radius 2 is 2.06 bits per heavy atom. The molecule has 0 amide bonds. The van der Waals surface area contributed by atoms with Gasteiger partial charge >= 0.3 is 0 Å². The molecule has 0 unspecified atom stereocenters. The van der Waals surface area contributed by atoms with Gasteiger partial charge in [0, 0.05) is 6.54 Å². The van der Waals surface area contributed by atoms with Crippen LogP contribution in [0.5, 0.6) is 5.75 Å². The summed E-state index contributed by atoms with van der Waals surface area (Å²) in [7, 11) is 1.72. The molecule has 0 radical (unpaired) electrons. The van der Waals surface area contributed by atoms with Gasteiger partial charge in [-0.25, -0.2) is 0 Å². The van der Waals surface area contributed by atoms with Gasteiger partial charge < -0.3 is 10.1 Å². The first-order chi connectivity index (χ1) is 7.80. The highest BCUT2D eigenvalue weighted by atomic mass is 16.5. The molecule has 0 spiro atoms. The second-order valence-electron chi connectivity index (χ2n) is 5.43. The van der Waals surface area contributed by atoms with E-state index >= 15 is 0 Å². The van der Waals surface area contributed by atoms with Crippen LogP contribution >= 0.6 is 0 Å². The summed E-state index contributed by atoms with van der Waals surface area (Å²) in [5.41, 5.74) is 2.01. The lowest BCUT2D eigenvalue weighted by molar-refractivity contribution is 0.0145. The third kappa shape index (κ3) is 1.71. The van der Waals surface area contributed by atoms with Gasteiger partial charge in [-0.1, -0.05) is 12.1 Å². The third-order valence-electron chi connectivity index (χ3n) is 4.11. The average Bonchev–Trinajstić information content (AvgIpc) is 2.30. The SMILES string of the molecule is COc1ccc(CC23CNCC(C2)C3)cc1. The van der Waals surface area contributed by atoms with Crippen LogP contribution in [0.2, 0.25) is 0 Å². The molecule has 0 aromatic heterocycles. The van der Waals surface area contributed by atoms with Crippen molar-refractivity contribution in [1.82, 2.24) is 5.32 Å². The summed E-state index contributed by atoms with van der Waals surface area (Å²) in [6.07, 6.45) is 4.07. The summed E-state index contributed by atoms with van der Waals surface area (Å²) < 4.78 is 5.18. The van der Waals surface area contributed by atoms with Crippen LogP contribution in [-0.2, 0) is 6.42 Å². The summed E-state index contributed by atoms with van der Waals surface area (Å²) in [4.78, 5) is 0. The second kappa shape index (κ2) is 3.77. The van der Waals surface area contributed by atoms with Gasteiger partial charge in [-0.3, -0.25) is 0 Å². The van der Waals surface area contributed by atoms with Crippen molar-refractivity contribution in [2.75, 3.05) is 20.2 Å². The normalized spacial score (nSPS) is 31.9. The molecule has 2 bridgehead atoms. The van der Waals surface area contributed by atoms with Crippen LogP contribution in [0.15, 0.2) is 24.3 Å². The summed E-state index contributed by atoms with van der Waals surface area (Å²) in [6, 6.07) is 8.54. The van der Waals surface area contributed by atoms with E-state index in [1.165, 1.54) is 37.9 Å². The van der Waals surface area contributed by atoms with Gasteiger partial charge in [0.1, 0.15) is 5.75 Å². The molecule has 1 N–H and O–H groups in total. The standard InChI is InChI=1S/C14H19NO/c1-16-13-4-2-11(3-5-13)6-14-7-12(8-14)9-15-10-14/h2-5,12,15H,6-10H2,1H3. The molecule has 1 aliphatic carbocycles. The number of ether oxygens (including phenoxy) is 1. The highest BCUT2D eigenvalue weighted by Crippen LogP contribution is 2.49. The molecule has 2 nitrogen and oxygen atoms in total. The molecule has 1 aromatic rings. The molecule has 2 heteroatoms. The van der Waals surface area contributed by atoms with E-state index in [1.54, 1.807) is 7.11 Å². The average molecular weight is 217 g/mol. The lowest BCUT2D eigenvalue weighted by Gasteiger charge is -2.53. The predicted octanol–water partition coefficient (Wildman–Crippen LogP) is 2.24. The van der Waals surface area contributed by atoms with E-state index in [1.807, 2.05) is 0 Å². The van der Waals surface area contributed by atoms with Crippen LogP contribution in [0.4, 0.5) is 0 Å². The van der Waals surface area contributed by atoms with Gasteiger partial charge in [-0.2, -0.15) is 0 Å². The zero-order valence-electron chi connectivity index (χ0n) is 9.83. The van der Waals surface area contributed by atoms with E-state index < -0.39 is 0 Å². The molecule has 3 aliphatic rings. The minimum Gasteiger partial charge on any atom is -0.497 e. The minimum atomic E-state index is 0.567. The van der Waals surface area contributed by atoms with Crippen LogP contribution in [0.3, 0.4) is 0 Å². The quantitative estimate of drug-likeness (QED) is 0.838. The van der Waals surface area contributed by atoms with Crippen LogP contribution < -0.4 is 10.1 Å². The Morgan fingerprint density at radius 1 is 1.31 bits per heavy atom. The van der Waals surface area contributed by atoms with Crippen molar-refractivity contribution in [3.63, 3.8) is 0 Å². The van der Waals surface area contributed by atoms with Crippen LogP contribution in [-0.4, -0.2) is 20.2 Å². The van der Waals surface area contributed by atoms with Crippen molar-refractivity contribution in [3.8, 4) is 5.75 Å². The zero-order chi connectivity index (χ0) is 11.0. The first kappa shape index (κ1) is 10.2. The monoisotopic (exact) mass is 217 g/mol. The van der Waals surface area contributed by atoms with Crippen molar-refractivity contribution < 1.29 is 4.74 Å². The molecule has 2 aliphatic heterocycles. The van der Waals surface area contributed by atoms with E-state index in [0.29, 0.717) is 5.41 Å². The molecule has 2 heterocycles.